The van der Waals surface area contributed by atoms with Gasteiger partial charge in [0.05, 0.1) is 7.05 Å². The first-order chi connectivity index (χ1) is 9.61. The minimum Gasteiger partial charge on any atom is -0.475 e. The van der Waals surface area contributed by atoms with E-state index in [1.165, 1.54) is 11.8 Å². The Balaban J connectivity index is 2.42. The van der Waals surface area contributed by atoms with Crippen molar-refractivity contribution >= 4 is 17.7 Å². The average Bonchev–Trinajstić information content (AvgIpc) is 2.93. The molecule has 1 aliphatic rings. The summed E-state index contributed by atoms with van der Waals surface area (Å²) in [5, 5.41) is 10.2. The molecule has 102 valence electrons. The van der Waals surface area contributed by atoms with Crippen LogP contribution in [0.4, 0.5) is 0 Å². The molecule has 2 heterocycles. The zero-order valence-electron chi connectivity index (χ0n) is 10.9. The Hall–Kier alpha value is -2.08. The molecule has 0 radical (unpaired) electrons. The Morgan fingerprint density at radius 2 is 2.05 bits per heavy atom. The second-order valence-corrected chi connectivity index (χ2v) is 5.60. The SMILES string of the molecule is C[n+]1c(C(=O)O)c(-c2ccccc2)c(=O)n2c1SCC2. The maximum Gasteiger partial charge on any atom is 0.377 e. The second-order valence-electron chi connectivity index (χ2n) is 4.54. The van der Waals surface area contributed by atoms with Gasteiger partial charge in [0.15, 0.2) is 0 Å². The van der Waals surface area contributed by atoms with Gasteiger partial charge in [-0.25, -0.2) is 14.2 Å². The zero-order valence-corrected chi connectivity index (χ0v) is 11.7. The van der Waals surface area contributed by atoms with Crippen LogP contribution in [0.15, 0.2) is 40.3 Å². The van der Waals surface area contributed by atoms with Gasteiger partial charge in [-0.3, -0.25) is 0 Å². The van der Waals surface area contributed by atoms with E-state index in [1.807, 2.05) is 6.07 Å². The first-order valence-electron chi connectivity index (χ1n) is 6.19. The lowest BCUT2D eigenvalue weighted by Crippen LogP contribution is -2.45. The first kappa shape index (κ1) is 12.9. The van der Waals surface area contributed by atoms with Gasteiger partial charge in [-0.15, -0.1) is 0 Å². The molecule has 20 heavy (non-hydrogen) atoms. The third-order valence-electron chi connectivity index (χ3n) is 3.36. The molecule has 0 fully saturated rings. The smallest absolute Gasteiger partial charge is 0.377 e. The minimum absolute atomic E-state index is 0.0434. The van der Waals surface area contributed by atoms with Gasteiger partial charge < -0.3 is 5.11 Å². The summed E-state index contributed by atoms with van der Waals surface area (Å²) in [6.45, 7) is 0.617. The highest BCUT2D eigenvalue weighted by molar-refractivity contribution is 7.99. The predicted octanol–water partition coefficient (Wildman–Crippen LogP) is 1.14. The van der Waals surface area contributed by atoms with Crippen molar-refractivity contribution in [3.8, 4) is 11.1 Å². The fourth-order valence-corrected chi connectivity index (χ4v) is 3.55. The summed E-state index contributed by atoms with van der Waals surface area (Å²) in [4.78, 5) is 24.2. The molecular weight excluding hydrogens is 276 g/mol. The monoisotopic (exact) mass is 289 g/mol. The molecule has 0 unspecified atom stereocenters. The number of hydrogen-bond acceptors (Lipinski definition) is 3. The minimum atomic E-state index is -1.08. The van der Waals surface area contributed by atoms with Gasteiger partial charge in [-0.05, 0) is 17.3 Å². The number of nitrogens with zero attached hydrogens (tertiary/aromatic N) is 2. The highest BCUT2D eigenvalue weighted by Gasteiger charge is 2.34. The van der Waals surface area contributed by atoms with Crippen molar-refractivity contribution < 1.29 is 14.5 Å². The molecule has 0 saturated heterocycles. The third kappa shape index (κ3) is 1.84. The largest absolute Gasteiger partial charge is 0.475 e. The number of fused-ring (bicyclic) bond motifs is 1. The van der Waals surface area contributed by atoms with Crippen LogP contribution in [0.2, 0.25) is 0 Å². The molecule has 6 heteroatoms. The van der Waals surface area contributed by atoms with Crippen molar-refractivity contribution in [2.75, 3.05) is 5.75 Å². The zero-order chi connectivity index (χ0) is 14.3. The summed E-state index contributed by atoms with van der Waals surface area (Å²) in [5.41, 5.74) is 0.707. The summed E-state index contributed by atoms with van der Waals surface area (Å²) in [6, 6.07) is 8.96. The summed E-state index contributed by atoms with van der Waals surface area (Å²) in [6.07, 6.45) is 0. The third-order valence-corrected chi connectivity index (χ3v) is 4.50. The average molecular weight is 289 g/mol. The lowest BCUT2D eigenvalue weighted by atomic mass is 10.1. The van der Waals surface area contributed by atoms with Crippen molar-refractivity contribution in [3.05, 3.63) is 46.4 Å². The van der Waals surface area contributed by atoms with Crippen molar-refractivity contribution in [3.63, 3.8) is 0 Å². The molecule has 1 N–H and O–H groups in total. The fourth-order valence-electron chi connectivity index (χ4n) is 2.48. The van der Waals surface area contributed by atoms with Gasteiger partial charge in [0.2, 0.25) is 5.69 Å². The summed E-state index contributed by atoms with van der Waals surface area (Å²) in [7, 11) is 1.69. The Labute approximate surface area is 119 Å². The molecule has 0 bridgehead atoms. The molecule has 0 aliphatic carbocycles. The molecule has 0 saturated carbocycles. The number of rotatable bonds is 2. The van der Waals surface area contributed by atoms with Crippen molar-refractivity contribution in [2.45, 2.75) is 11.7 Å². The molecule has 1 aliphatic heterocycles. The van der Waals surface area contributed by atoms with Crippen LogP contribution in [0.3, 0.4) is 0 Å². The standard InChI is InChI=1S/C14H12N2O3S/c1-15-11(13(18)19)10(9-5-3-2-4-6-9)12(17)16-7-8-20-14(15)16/h2-6H,7-8H2,1H3/p+1. The van der Waals surface area contributed by atoms with E-state index in [-0.39, 0.29) is 16.8 Å². The van der Waals surface area contributed by atoms with Gasteiger partial charge >= 0.3 is 16.7 Å². The van der Waals surface area contributed by atoms with Crippen molar-refractivity contribution in [2.24, 2.45) is 7.05 Å². The highest BCUT2D eigenvalue weighted by Crippen LogP contribution is 2.24. The summed E-state index contributed by atoms with van der Waals surface area (Å²) >= 11 is 1.51. The molecule has 5 nitrogen and oxygen atoms in total. The van der Waals surface area contributed by atoms with Crippen LogP contribution in [0.5, 0.6) is 0 Å². The lowest BCUT2D eigenvalue weighted by molar-refractivity contribution is -0.716. The molecule has 2 aromatic rings. The van der Waals surface area contributed by atoms with Crippen molar-refractivity contribution in [1.82, 2.24) is 4.57 Å². The number of aromatic nitrogens is 2. The Bertz CT molecular complexity index is 753. The first-order valence-corrected chi connectivity index (χ1v) is 7.18. The highest BCUT2D eigenvalue weighted by atomic mass is 32.2. The van der Waals surface area contributed by atoms with Gasteiger partial charge in [0, 0.05) is 5.75 Å². The Kier molecular flexibility index (Phi) is 3.10. The van der Waals surface area contributed by atoms with Crippen LogP contribution in [-0.2, 0) is 13.6 Å². The normalized spacial score (nSPS) is 13.2. The quantitative estimate of drug-likeness (QED) is 0.665. The molecule has 1 aromatic heterocycles. The Morgan fingerprint density at radius 1 is 1.35 bits per heavy atom. The second kappa shape index (κ2) is 4.79. The van der Waals surface area contributed by atoms with Crippen LogP contribution in [0, 0.1) is 0 Å². The molecule has 0 amide bonds. The fraction of sp³-hybridized carbons (Fsp3) is 0.214. The van der Waals surface area contributed by atoms with Crippen LogP contribution in [0.1, 0.15) is 10.5 Å². The molecular formula is C14H13N2O3S+. The Morgan fingerprint density at radius 3 is 2.70 bits per heavy atom. The summed E-state index contributed by atoms with van der Waals surface area (Å²) in [5.74, 6) is -0.292. The number of carbonyl (C=O) groups is 1. The lowest BCUT2D eigenvalue weighted by Gasteiger charge is -2.08. The van der Waals surface area contributed by atoms with E-state index in [1.54, 1.807) is 40.4 Å². The van der Waals surface area contributed by atoms with Gasteiger partial charge in [0.25, 0.3) is 0 Å². The van der Waals surface area contributed by atoms with Crippen molar-refractivity contribution in [1.29, 1.82) is 0 Å². The maximum atomic E-state index is 12.6. The maximum absolute atomic E-state index is 12.6. The van der Waals surface area contributed by atoms with E-state index in [0.717, 1.165) is 5.75 Å². The van der Waals surface area contributed by atoms with E-state index < -0.39 is 5.97 Å². The summed E-state index contributed by atoms with van der Waals surface area (Å²) < 4.78 is 3.25. The number of thioether (sulfide) groups is 1. The molecule has 3 rings (SSSR count). The number of hydrogen-bond donors (Lipinski definition) is 1. The van der Waals surface area contributed by atoms with E-state index in [9.17, 15) is 14.7 Å². The van der Waals surface area contributed by atoms with E-state index in [2.05, 4.69) is 0 Å². The van der Waals surface area contributed by atoms with Gasteiger partial charge in [0.1, 0.15) is 12.1 Å². The topological polar surface area (TPSA) is 63.2 Å². The van der Waals surface area contributed by atoms with E-state index >= 15 is 0 Å². The molecule has 1 aromatic carbocycles. The number of carboxylic acids is 1. The van der Waals surface area contributed by atoms with Gasteiger partial charge in [-0.1, -0.05) is 30.3 Å². The van der Waals surface area contributed by atoms with Crippen LogP contribution >= 0.6 is 11.8 Å². The number of aromatic carboxylic acids is 1. The van der Waals surface area contributed by atoms with E-state index in [4.69, 9.17) is 0 Å². The van der Waals surface area contributed by atoms with Crippen LogP contribution < -0.4 is 10.1 Å². The number of benzene rings is 1. The predicted molar refractivity (Wildman–Crippen MR) is 75.0 cm³/mol. The van der Waals surface area contributed by atoms with Gasteiger partial charge in [-0.2, -0.15) is 4.57 Å². The number of carboxylic acid groups (broad SMARTS) is 1. The van der Waals surface area contributed by atoms with Crippen LogP contribution in [-0.4, -0.2) is 21.4 Å². The van der Waals surface area contributed by atoms with E-state index in [0.29, 0.717) is 17.3 Å². The van der Waals surface area contributed by atoms with Crippen LogP contribution in [0.25, 0.3) is 11.1 Å². The molecule has 0 atom stereocenters. The molecule has 0 spiro atoms.